The molecule has 10 nitrogen and oxygen atoms in total. The molecule has 2 aromatic heterocycles. The second kappa shape index (κ2) is 11.8. The minimum Gasteiger partial charge on any atom is -0.495 e. The molecule has 4 aromatic rings. The van der Waals surface area contributed by atoms with Crippen LogP contribution in [0.5, 0.6) is 11.5 Å². The predicted molar refractivity (Wildman–Crippen MR) is 148 cm³/mol. The average Bonchev–Trinajstić information content (AvgIpc) is 3.59. The normalized spacial score (nSPS) is 14.3. The second-order valence-electron chi connectivity index (χ2n) is 9.59. The van der Waals surface area contributed by atoms with Crippen LogP contribution in [-0.4, -0.2) is 65.3 Å². The summed E-state index contributed by atoms with van der Waals surface area (Å²) in [5.74, 6) is -1.51. The van der Waals surface area contributed by atoms with Gasteiger partial charge in [0.1, 0.15) is 30.0 Å². The van der Waals surface area contributed by atoms with Crippen molar-refractivity contribution in [1.29, 1.82) is 0 Å². The van der Waals surface area contributed by atoms with Gasteiger partial charge in [-0.2, -0.15) is 0 Å². The van der Waals surface area contributed by atoms with Crippen molar-refractivity contribution >= 4 is 39.7 Å². The van der Waals surface area contributed by atoms with Gasteiger partial charge in [0.2, 0.25) is 0 Å². The highest BCUT2D eigenvalue weighted by Gasteiger charge is 2.18. The van der Waals surface area contributed by atoms with Crippen LogP contribution in [0.2, 0.25) is 0 Å². The minimum absolute atomic E-state index is 0.00912. The summed E-state index contributed by atoms with van der Waals surface area (Å²) < 4.78 is 39.0. The highest BCUT2D eigenvalue weighted by molar-refractivity contribution is 6.02. The van der Waals surface area contributed by atoms with E-state index in [-0.39, 0.29) is 17.9 Å². The van der Waals surface area contributed by atoms with E-state index in [2.05, 4.69) is 25.5 Å². The lowest BCUT2D eigenvalue weighted by molar-refractivity contribution is 0.0758. The van der Waals surface area contributed by atoms with Gasteiger partial charge in [0.05, 0.1) is 47.6 Å². The molecule has 12 heteroatoms. The Morgan fingerprint density at radius 1 is 1.10 bits per heavy atom. The highest BCUT2D eigenvalue weighted by atomic mass is 19.2. The summed E-state index contributed by atoms with van der Waals surface area (Å²) in [6.07, 6.45) is 4.80. The molecule has 0 saturated carbocycles. The lowest BCUT2D eigenvalue weighted by atomic mass is 10.1. The number of fused-ring (bicyclic) bond motifs is 1. The van der Waals surface area contributed by atoms with Crippen molar-refractivity contribution in [2.24, 2.45) is 5.73 Å². The third-order valence-corrected chi connectivity index (χ3v) is 6.69. The fourth-order valence-electron chi connectivity index (χ4n) is 4.75. The first kappa shape index (κ1) is 27.2. The van der Waals surface area contributed by atoms with E-state index in [4.69, 9.17) is 15.2 Å². The number of β-amino-alcohol motifs (C(OH)–C–C–N with tert-alkyl or cyclic N) is 1. The summed E-state index contributed by atoms with van der Waals surface area (Å²) in [6.45, 7) is 2.73. The first-order chi connectivity index (χ1) is 19.3. The predicted octanol–water partition coefficient (Wildman–Crippen LogP) is 4.27. The maximum absolute atomic E-state index is 13.9. The molecule has 1 fully saturated rings. The number of nitrogens with one attached hydrogen (secondary N) is 3. The van der Waals surface area contributed by atoms with E-state index in [1.165, 1.54) is 6.20 Å². The number of halogens is 2. The Kier molecular flexibility index (Phi) is 7.99. The number of carbonyl (C=O) groups excluding carboxylic acids is 1. The maximum atomic E-state index is 13.9. The quantitative estimate of drug-likeness (QED) is 0.186. The van der Waals surface area contributed by atoms with E-state index in [0.29, 0.717) is 46.1 Å². The Labute approximate surface area is 229 Å². The standard InChI is InChI=1S/C28H30F2N6O4/c1-39-26-5-4-17(40-15-16(37)14-36-6-2-3-7-36)8-23(26)34-27-10-18-24(12-32-13-25(18)35-27)33-22-11-21(30)20(29)9-19(22)28(31)38/h4-5,8-13,16,33-35,37H,2-3,6-7,14-15H2,1H3,(H2,31,38)/t16-/m1/s1. The van der Waals surface area contributed by atoms with Crippen molar-refractivity contribution in [2.45, 2.75) is 18.9 Å². The van der Waals surface area contributed by atoms with Crippen LogP contribution >= 0.6 is 0 Å². The number of nitrogens with two attached hydrogens (primary N) is 1. The molecule has 1 aliphatic rings. The number of H-pyrrole nitrogens is 1. The Hall–Kier alpha value is -4.42. The monoisotopic (exact) mass is 552 g/mol. The molecular formula is C28H30F2N6O4. The van der Waals surface area contributed by atoms with Gasteiger partial charge in [0.15, 0.2) is 11.6 Å². The number of rotatable bonds is 11. The number of ether oxygens (including phenoxy) is 2. The minimum atomic E-state index is -1.18. The van der Waals surface area contributed by atoms with E-state index >= 15 is 0 Å². The zero-order valence-corrected chi connectivity index (χ0v) is 21.8. The molecule has 0 bridgehead atoms. The van der Waals surface area contributed by atoms with Crippen LogP contribution in [-0.2, 0) is 0 Å². The number of aromatic nitrogens is 2. The third kappa shape index (κ3) is 6.08. The van der Waals surface area contributed by atoms with Gasteiger partial charge in [-0.05, 0) is 50.2 Å². The van der Waals surface area contributed by atoms with Gasteiger partial charge in [-0.15, -0.1) is 0 Å². The lowest BCUT2D eigenvalue weighted by Gasteiger charge is -2.20. The van der Waals surface area contributed by atoms with E-state index < -0.39 is 23.6 Å². The maximum Gasteiger partial charge on any atom is 0.250 e. The highest BCUT2D eigenvalue weighted by Crippen LogP contribution is 2.35. The summed E-state index contributed by atoms with van der Waals surface area (Å²) in [5, 5.41) is 17.2. The molecule has 0 aliphatic carbocycles. The Bertz CT molecular complexity index is 1520. The van der Waals surface area contributed by atoms with E-state index in [1.54, 1.807) is 37.6 Å². The van der Waals surface area contributed by atoms with E-state index in [1.807, 2.05) is 0 Å². The number of aliphatic hydroxyl groups excluding tert-OH is 1. The SMILES string of the molecule is COc1ccc(OC[C@H](O)CN2CCCC2)cc1Nc1cc2c(Nc3cc(F)c(F)cc3C(N)=O)cncc2[nH]1. The molecule has 40 heavy (non-hydrogen) atoms. The van der Waals surface area contributed by atoms with Gasteiger partial charge in [0.25, 0.3) is 5.91 Å². The van der Waals surface area contributed by atoms with Gasteiger partial charge in [-0.1, -0.05) is 0 Å². The number of benzene rings is 2. The zero-order valence-electron chi connectivity index (χ0n) is 21.8. The van der Waals surface area contributed by atoms with Crippen molar-refractivity contribution in [1.82, 2.24) is 14.9 Å². The fourth-order valence-corrected chi connectivity index (χ4v) is 4.75. The third-order valence-electron chi connectivity index (χ3n) is 6.69. The summed E-state index contributed by atoms with van der Waals surface area (Å²) in [4.78, 5) is 21.4. The Morgan fingerprint density at radius 2 is 1.88 bits per heavy atom. The van der Waals surface area contributed by atoms with Crippen LogP contribution < -0.4 is 25.8 Å². The van der Waals surface area contributed by atoms with E-state index in [0.717, 1.165) is 38.1 Å². The lowest BCUT2D eigenvalue weighted by Crippen LogP contribution is -2.33. The number of anilines is 4. The molecule has 2 aromatic carbocycles. The molecule has 0 spiro atoms. The van der Waals surface area contributed by atoms with E-state index in [9.17, 15) is 18.7 Å². The number of aromatic amines is 1. The molecule has 0 unspecified atom stereocenters. The summed E-state index contributed by atoms with van der Waals surface area (Å²) in [6, 6.07) is 8.71. The fraction of sp³-hybridized carbons (Fsp3) is 0.286. The number of likely N-dealkylation sites (tertiary alicyclic amines) is 1. The largest absolute Gasteiger partial charge is 0.495 e. The van der Waals surface area contributed by atoms with Crippen LogP contribution in [0.15, 0.2) is 48.8 Å². The molecule has 3 heterocycles. The van der Waals surface area contributed by atoms with Gasteiger partial charge in [0, 0.05) is 24.1 Å². The van der Waals surface area contributed by atoms with Gasteiger partial charge in [-0.3, -0.25) is 9.78 Å². The first-order valence-electron chi connectivity index (χ1n) is 12.8. The topological polar surface area (TPSA) is 138 Å². The molecule has 5 rings (SSSR count). The smallest absolute Gasteiger partial charge is 0.250 e. The second-order valence-corrected chi connectivity index (χ2v) is 9.59. The van der Waals surface area contributed by atoms with Crippen LogP contribution in [0.4, 0.5) is 31.7 Å². The average molecular weight is 553 g/mol. The molecule has 6 N–H and O–H groups in total. The first-order valence-corrected chi connectivity index (χ1v) is 12.8. The molecule has 1 amide bonds. The van der Waals surface area contributed by atoms with Gasteiger partial charge in [-0.25, -0.2) is 8.78 Å². The van der Waals surface area contributed by atoms with Crippen molar-refractivity contribution in [3.8, 4) is 11.5 Å². The number of primary amides is 1. The number of carbonyl (C=O) groups is 1. The molecular weight excluding hydrogens is 522 g/mol. The number of hydrogen-bond acceptors (Lipinski definition) is 8. The number of amides is 1. The molecule has 210 valence electrons. The Morgan fingerprint density at radius 3 is 2.62 bits per heavy atom. The zero-order chi connectivity index (χ0) is 28.2. The van der Waals surface area contributed by atoms with Crippen LogP contribution in [0.25, 0.3) is 10.9 Å². The van der Waals surface area contributed by atoms with Crippen LogP contribution in [0, 0.1) is 11.6 Å². The molecule has 0 radical (unpaired) electrons. The van der Waals surface area contributed by atoms with Gasteiger partial charge < -0.3 is 40.8 Å². The Balaban J connectivity index is 1.35. The summed E-state index contributed by atoms with van der Waals surface area (Å²) in [7, 11) is 1.55. The molecule has 1 saturated heterocycles. The van der Waals surface area contributed by atoms with Crippen molar-refractivity contribution in [3.63, 3.8) is 0 Å². The molecule has 1 aliphatic heterocycles. The molecule has 1 atom stereocenters. The van der Waals surface area contributed by atoms with Crippen molar-refractivity contribution in [3.05, 3.63) is 66.0 Å². The van der Waals surface area contributed by atoms with Crippen molar-refractivity contribution in [2.75, 3.05) is 44.0 Å². The number of aliphatic hydroxyl groups is 1. The number of pyridine rings is 1. The van der Waals surface area contributed by atoms with Crippen molar-refractivity contribution < 1.29 is 28.2 Å². The number of nitrogens with zero attached hydrogens (tertiary/aromatic N) is 2. The number of hydrogen-bond donors (Lipinski definition) is 5. The van der Waals surface area contributed by atoms with Gasteiger partial charge >= 0.3 is 0 Å². The van der Waals surface area contributed by atoms with Crippen LogP contribution in [0.1, 0.15) is 23.2 Å². The number of methoxy groups -OCH3 is 1. The van der Waals surface area contributed by atoms with Crippen LogP contribution in [0.3, 0.4) is 0 Å². The summed E-state index contributed by atoms with van der Waals surface area (Å²) >= 11 is 0. The summed E-state index contributed by atoms with van der Waals surface area (Å²) in [5.41, 5.74) is 6.86.